The first-order valence-corrected chi connectivity index (χ1v) is 18.6. The van der Waals surface area contributed by atoms with Gasteiger partial charge in [-0.1, -0.05) is 32.9 Å². The number of carbonyl (C=O) groups excluding carboxylic acids is 4. The standard InChI is InChI=1S/C36H45N5O10S/c1-6-22-19-36(22,33(45)40-52(48,49)26-9-10-26)39-30(43)29-18-25(51-31-27-11-8-24(50-5)17-21(27)14-16-37-31)20-41(29)32(44)28(38-34(46)47)12-7-23(42)13-15-35(2,3)4/h6,8,11,13-17,22,25-26,28-29,38H,1,7,9-10,12,18-20H2,2-5H3,(H,39,43)(H,40,45)(H,46,47)/b15-13-/t22?,25-,28+,29+,36?/m1/s1. The normalized spacial score (nSPS) is 23.5. The third-order valence-electron chi connectivity index (χ3n) is 9.36. The number of fused-ring (bicyclic) bond motifs is 1. The number of allylic oxidation sites excluding steroid dienone is 2. The van der Waals surface area contributed by atoms with E-state index in [4.69, 9.17) is 9.47 Å². The van der Waals surface area contributed by atoms with E-state index in [1.807, 2.05) is 20.8 Å². The second-order valence-electron chi connectivity index (χ2n) is 14.6. The topological polar surface area (TPSA) is 210 Å². The van der Waals surface area contributed by atoms with E-state index in [-0.39, 0.29) is 49.3 Å². The van der Waals surface area contributed by atoms with Gasteiger partial charge in [-0.05, 0) is 66.8 Å². The summed E-state index contributed by atoms with van der Waals surface area (Å²) in [7, 11) is -2.39. The van der Waals surface area contributed by atoms with Gasteiger partial charge in [0.05, 0.1) is 18.9 Å². The first-order chi connectivity index (χ1) is 24.5. The number of ether oxygens (including phenoxy) is 2. The molecule has 2 unspecified atom stereocenters. The fourth-order valence-electron chi connectivity index (χ4n) is 6.22. The number of amides is 4. The number of carboxylic acid groups (broad SMARTS) is 1. The number of likely N-dealkylation sites (tertiary alicyclic amines) is 1. The Morgan fingerprint density at radius 2 is 1.90 bits per heavy atom. The first-order valence-electron chi connectivity index (χ1n) is 17.1. The van der Waals surface area contributed by atoms with E-state index in [1.165, 1.54) is 23.2 Å². The van der Waals surface area contributed by atoms with Crippen LogP contribution in [-0.4, -0.2) is 95.6 Å². The minimum atomic E-state index is -3.94. The molecular weight excluding hydrogens is 694 g/mol. The molecule has 2 heterocycles. The van der Waals surface area contributed by atoms with Crippen LogP contribution in [0, 0.1) is 11.3 Å². The molecule has 0 radical (unpaired) electrons. The van der Waals surface area contributed by atoms with E-state index >= 15 is 0 Å². The van der Waals surface area contributed by atoms with Crippen molar-refractivity contribution in [3.63, 3.8) is 0 Å². The highest BCUT2D eigenvalue weighted by Gasteiger charge is 2.62. The van der Waals surface area contributed by atoms with Gasteiger partial charge in [-0.15, -0.1) is 6.58 Å². The third kappa shape index (κ3) is 8.89. The van der Waals surface area contributed by atoms with Gasteiger partial charge in [0, 0.05) is 30.3 Å². The average molecular weight is 740 g/mol. The molecule has 5 rings (SSSR count). The summed E-state index contributed by atoms with van der Waals surface area (Å²) in [6, 6.07) is 4.39. The monoisotopic (exact) mass is 739 g/mol. The summed E-state index contributed by atoms with van der Waals surface area (Å²) >= 11 is 0. The van der Waals surface area contributed by atoms with E-state index in [0.717, 1.165) is 5.39 Å². The van der Waals surface area contributed by atoms with Gasteiger partial charge in [0.15, 0.2) is 5.78 Å². The lowest BCUT2D eigenvalue weighted by molar-refractivity contribution is -0.141. The number of hydrogen-bond donors (Lipinski definition) is 4. The highest BCUT2D eigenvalue weighted by atomic mass is 32.2. The van der Waals surface area contributed by atoms with E-state index in [0.29, 0.717) is 24.0 Å². The summed E-state index contributed by atoms with van der Waals surface area (Å²) in [5, 5.41) is 15.2. The number of nitrogens with one attached hydrogen (secondary N) is 3. The van der Waals surface area contributed by atoms with Crippen LogP contribution < -0.4 is 24.8 Å². The van der Waals surface area contributed by atoms with Gasteiger partial charge in [0.1, 0.15) is 29.5 Å². The Hall–Kier alpha value is -4.99. The highest BCUT2D eigenvalue weighted by molar-refractivity contribution is 7.91. The average Bonchev–Trinajstić information content (AvgIpc) is 4.01. The van der Waals surface area contributed by atoms with Crippen molar-refractivity contribution in [3.05, 3.63) is 55.3 Å². The maximum absolute atomic E-state index is 14.1. The van der Waals surface area contributed by atoms with Crippen molar-refractivity contribution in [2.24, 2.45) is 11.3 Å². The molecule has 280 valence electrons. The lowest BCUT2D eigenvalue weighted by Gasteiger charge is -2.29. The van der Waals surface area contributed by atoms with Crippen LogP contribution >= 0.6 is 0 Å². The van der Waals surface area contributed by atoms with Crippen molar-refractivity contribution in [2.75, 3.05) is 13.7 Å². The first kappa shape index (κ1) is 38.2. The van der Waals surface area contributed by atoms with Crippen molar-refractivity contribution in [1.29, 1.82) is 0 Å². The SMILES string of the molecule is C=CC1CC1(NC(=O)[C@@H]1C[C@@H](Oc2nccc3cc(OC)ccc23)CN1C(=O)[C@H](CCC(=O)/C=C\C(C)(C)C)NC(=O)O)C(=O)NS(=O)(=O)C1CC1. The number of nitrogens with zero attached hydrogens (tertiary/aromatic N) is 2. The van der Waals surface area contributed by atoms with Gasteiger partial charge in [-0.3, -0.25) is 23.9 Å². The van der Waals surface area contributed by atoms with Crippen LogP contribution in [-0.2, 0) is 29.2 Å². The minimum Gasteiger partial charge on any atom is -0.497 e. The molecule has 1 aromatic heterocycles. The number of benzene rings is 1. The molecule has 0 bridgehead atoms. The third-order valence-corrected chi connectivity index (χ3v) is 11.2. The minimum absolute atomic E-state index is 0.0737. The Morgan fingerprint density at radius 3 is 2.52 bits per heavy atom. The van der Waals surface area contributed by atoms with Crippen LogP contribution in [0.25, 0.3) is 10.8 Å². The molecule has 3 aliphatic rings. The second kappa shape index (κ2) is 14.9. The second-order valence-corrected chi connectivity index (χ2v) is 16.5. The quantitative estimate of drug-likeness (QED) is 0.154. The Kier molecular flexibility index (Phi) is 11.0. The summed E-state index contributed by atoms with van der Waals surface area (Å²) in [5.74, 6) is -2.49. The maximum atomic E-state index is 14.1. The summed E-state index contributed by atoms with van der Waals surface area (Å²) in [6.45, 7) is 9.29. The molecule has 5 atom stereocenters. The zero-order valence-electron chi connectivity index (χ0n) is 29.6. The molecule has 2 saturated carbocycles. The van der Waals surface area contributed by atoms with Crippen LogP contribution in [0.1, 0.15) is 59.3 Å². The smallest absolute Gasteiger partial charge is 0.405 e. The molecular formula is C36H45N5O10S. The summed E-state index contributed by atoms with van der Waals surface area (Å²) < 4.78 is 39.0. The number of hydrogen-bond acceptors (Lipinski definition) is 10. The molecule has 4 N–H and O–H groups in total. The predicted octanol–water partition coefficient (Wildman–Crippen LogP) is 2.85. The predicted molar refractivity (Wildman–Crippen MR) is 190 cm³/mol. The molecule has 3 fully saturated rings. The van der Waals surface area contributed by atoms with Crippen molar-refractivity contribution in [1.82, 2.24) is 25.2 Å². The molecule has 1 saturated heterocycles. The largest absolute Gasteiger partial charge is 0.497 e. The van der Waals surface area contributed by atoms with Crippen LogP contribution in [0.15, 0.2) is 55.3 Å². The number of methoxy groups -OCH3 is 1. The van der Waals surface area contributed by atoms with Crippen molar-refractivity contribution >= 4 is 50.4 Å². The van der Waals surface area contributed by atoms with Gasteiger partial charge in [0.25, 0.3) is 5.91 Å². The van der Waals surface area contributed by atoms with E-state index in [1.54, 1.807) is 37.5 Å². The molecule has 4 amide bonds. The lowest BCUT2D eigenvalue weighted by Crippen LogP contribution is -2.58. The molecule has 2 aliphatic carbocycles. The summed E-state index contributed by atoms with van der Waals surface area (Å²) in [6.07, 6.45) is 4.31. The van der Waals surface area contributed by atoms with Crippen molar-refractivity contribution in [2.45, 2.75) is 88.3 Å². The number of rotatable bonds is 15. The molecule has 1 aromatic carbocycles. The number of sulfonamides is 1. The summed E-state index contributed by atoms with van der Waals surface area (Å²) in [5.41, 5.74) is -1.89. The fraction of sp³-hybridized carbons (Fsp3) is 0.500. The Morgan fingerprint density at radius 1 is 1.17 bits per heavy atom. The zero-order chi connectivity index (χ0) is 38.0. The van der Waals surface area contributed by atoms with Crippen LogP contribution in [0.2, 0.25) is 0 Å². The molecule has 16 heteroatoms. The molecule has 0 spiro atoms. The van der Waals surface area contributed by atoms with Crippen molar-refractivity contribution < 1.29 is 47.0 Å². The molecule has 52 heavy (non-hydrogen) atoms. The fourth-order valence-corrected chi connectivity index (χ4v) is 7.58. The zero-order valence-corrected chi connectivity index (χ0v) is 30.4. The van der Waals surface area contributed by atoms with Crippen LogP contribution in [0.4, 0.5) is 4.79 Å². The van der Waals surface area contributed by atoms with Gasteiger partial charge in [0.2, 0.25) is 27.7 Å². The van der Waals surface area contributed by atoms with Gasteiger partial charge in [-0.25, -0.2) is 18.2 Å². The van der Waals surface area contributed by atoms with E-state index in [9.17, 15) is 37.5 Å². The summed E-state index contributed by atoms with van der Waals surface area (Å²) in [4.78, 5) is 71.7. The lowest BCUT2D eigenvalue weighted by atomic mass is 9.95. The van der Waals surface area contributed by atoms with Crippen molar-refractivity contribution in [3.8, 4) is 11.6 Å². The Labute approximate surface area is 302 Å². The molecule has 2 aromatic rings. The van der Waals surface area contributed by atoms with Crippen LogP contribution in [0.3, 0.4) is 0 Å². The molecule has 1 aliphatic heterocycles. The van der Waals surface area contributed by atoms with Gasteiger partial charge >= 0.3 is 6.09 Å². The Balaban J connectivity index is 1.41. The van der Waals surface area contributed by atoms with E-state index in [2.05, 4.69) is 26.9 Å². The van der Waals surface area contributed by atoms with Crippen LogP contribution in [0.5, 0.6) is 11.6 Å². The number of aromatic nitrogens is 1. The van der Waals surface area contributed by atoms with Gasteiger partial charge < -0.3 is 30.1 Å². The maximum Gasteiger partial charge on any atom is 0.405 e. The number of pyridine rings is 1. The number of carbonyl (C=O) groups is 5. The Bertz CT molecular complexity index is 1900. The highest BCUT2D eigenvalue weighted by Crippen LogP contribution is 2.45. The van der Waals surface area contributed by atoms with E-state index < -0.39 is 68.7 Å². The van der Waals surface area contributed by atoms with Gasteiger partial charge in [-0.2, -0.15) is 0 Å². The molecule has 15 nitrogen and oxygen atoms in total. The number of ketones is 1.